The SMILES string of the molecule is COc1ccc(Nc2cc(C)cc(F)c2)c(N)c1. The molecule has 0 fully saturated rings. The first-order valence-corrected chi connectivity index (χ1v) is 5.56. The fraction of sp³-hybridized carbons (Fsp3) is 0.143. The Bertz CT molecular complexity index is 549. The molecule has 0 bridgehead atoms. The zero-order chi connectivity index (χ0) is 13.1. The van der Waals surface area contributed by atoms with Gasteiger partial charge >= 0.3 is 0 Å². The lowest BCUT2D eigenvalue weighted by atomic mass is 10.2. The summed E-state index contributed by atoms with van der Waals surface area (Å²) in [4.78, 5) is 0. The highest BCUT2D eigenvalue weighted by atomic mass is 19.1. The van der Waals surface area contributed by atoms with Crippen molar-refractivity contribution in [3.05, 3.63) is 47.8 Å². The van der Waals surface area contributed by atoms with E-state index >= 15 is 0 Å². The molecule has 0 aliphatic rings. The summed E-state index contributed by atoms with van der Waals surface area (Å²) in [6.45, 7) is 1.84. The van der Waals surface area contributed by atoms with Crippen LogP contribution in [0.2, 0.25) is 0 Å². The van der Waals surface area contributed by atoms with Crippen molar-refractivity contribution < 1.29 is 9.13 Å². The number of nitrogens with one attached hydrogen (secondary N) is 1. The number of nitrogen functional groups attached to an aromatic ring is 1. The van der Waals surface area contributed by atoms with Crippen molar-refractivity contribution in [2.45, 2.75) is 6.92 Å². The number of methoxy groups -OCH3 is 1. The molecule has 0 aromatic heterocycles. The van der Waals surface area contributed by atoms with Crippen LogP contribution in [-0.4, -0.2) is 7.11 Å². The molecule has 0 unspecified atom stereocenters. The molecule has 2 aromatic carbocycles. The number of benzene rings is 2. The molecule has 0 aliphatic heterocycles. The smallest absolute Gasteiger partial charge is 0.125 e. The van der Waals surface area contributed by atoms with Gasteiger partial charge in [0.25, 0.3) is 0 Å². The standard InChI is InChI=1S/C14H15FN2O/c1-9-5-10(15)7-11(6-9)17-14-4-3-12(18-2)8-13(14)16/h3-8,17H,16H2,1-2H3. The third-order valence-corrected chi connectivity index (χ3v) is 2.58. The molecule has 0 radical (unpaired) electrons. The van der Waals surface area contributed by atoms with Gasteiger partial charge in [-0.3, -0.25) is 0 Å². The summed E-state index contributed by atoms with van der Waals surface area (Å²) in [7, 11) is 1.58. The van der Waals surface area contributed by atoms with E-state index in [1.807, 2.05) is 13.0 Å². The lowest BCUT2D eigenvalue weighted by molar-refractivity contribution is 0.415. The van der Waals surface area contributed by atoms with Crippen molar-refractivity contribution in [2.75, 3.05) is 18.2 Å². The second-order valence-electron chi connectivity index (χ2n) is 4.10. The van der Waals surface area contributed by atoms with Crippen molar-refractivity contribution in [3.63, 3.8) is 0 Å². The number of nitrogens with two attached hydrogens (primary N) is 1. The highest BCUT2D eigenvalue weighted by Crippen LogP contribution is 2.27. The Morgan fingerprint density at radius 1 is 1.17 bits per heavy atom. The molecule has 0 spiro atoms. The molecule has 18 heavy (non-hydrogen) atoms. The molecular formula is C14H15FN2O. The minimum absolute atomic E-state index is 0.274. The van der Waals surface area contributed by atoms with Crippen LogP contribution in [0.25, 0.3) is 0 Å². The molecule has 4 heteroatoms. The summed E-state index contributed by atoms with van der Waals surface area (Å²) in [5, 5.41) is 3.08. The van der Waals surface area contributed by atoms with Gasteiger partial charge in [0.2, 0.25) is 0 Å². The number of hydrogen-bond donors (Lipinski definition) is 2. The predicted octanol–water partition coefficient (Wildman–Crippen LogP) is 3.47. The topological polar surface area (TPSA) is 47.3 Å². The fourth-order valence-electron chi connectivity index (χ4n) is 1.75. The van der Waals surface area contributed by atoms with E-state index in [0.717, 1.165) is 11.3 Å². The van der Waals surface area contributed by atoms with E-state index in [-0.39, 0.29) is 5.82 Å². The van der Waals surface area contributed by atoms with Gasteiger partial charge in [-0.1, -0.05) is 0 Å². The molecule has 0 saturated carbocycles. The summed E-state index contributed by atoms with van der Waals surface area (Å²) in [6, 6.07) is 10.1. The number of anilines is 3. The Morgan fingerprint density at radius 2 is 1.94 bits per heavy atom. The molecule has 0 atom stereocenters. The third-order valence-electron chi connectivity index (χ3n) is 2.58. The number of rotatable bonds is 3. The van der Waals surface area contributed by atoms with Crippen LogP contribution in [0.1, 0.15) is 5.56 Å². The molecule has 2 aromatic rings. The lowest BCUT2D eigenvalue weighted by Gasteiger charge is -2.11. The first-order chi connectivity index (χ1) is 8.58. The quantitative estimate of drug-likeness (QED) is 0.815. The van der Waals surface area contributed by atoms with Gasteiger partial charge in [-0.25, -0.2) is 4.39 Å². The van der Waals surface area contributed by atoms with Gasteiger partial charge in [-0.2, -0.15) is 0 Å². The van der Waals surface area contributed by atoms with Crippen molar-refractivity contribution in [2.24, 2.45) is 0 Å². The van der Waals surface area contributed by atoms with E-state index in [0.29, 0.717) is 17.1 Å². The van der Waals surface area contributed by atoms with Gasteiger partial charge in [-0.15, -0.1) is 0 Å². The predicted molar refractivity (Wildman–Crippen MR) is 71.8 cm³/mol. The van der Waals surface area contributed by atoms with E-state index < -0.39 is 0 Å². The molecule has 94 valence electrons. The van der Waals surface area contributed by atoms with E-state index in [4.69, 9.17) is 10.5 Å². The van der Waals surface area contributed by atoms with Gasteiger partial charge in [0, 0.05) is 11.8 Å². The zero-order valence-corrected chi connectivity index (χ0v) is 10.3. The summed E-state index contributed by atoms with van der Waals surface area (Å²) in [5.41, 5.74) is 8.68. The maximum atomic E-state index is 13.3. The summed E-state index contributed by atoms with van der Waals surface area (Å²) in [5.74, 6) is 0.415. The van der Waals surface area contributed by atoms with Crippen LogP contribution in [0.3, 0.4) is 0 Å². The monoisotopic (exact) mass is 246 g/mol. The highest BCUT2D eigenvalue weighted by molar-refractivity contribution is 5.74. The second-order valence-corrected chi connectivity index (χ2v) is 4.10. The second kappa shape index (κ2) is 4.96. The van der Waals surface area contributed by atoms with E-state index in [1.165, 1.54) is 12.1 Å². The molecule has 3 nitrogen and oxygen atoms in total. The van der Waals surface area contributed by atoms with E-state index in [9.17, 15) is 4.39 Å². The Kier molecular flexibility index (Phi) is 3.37. The van der Waals surface area contributed by atoms with Crippen LogP contribution in [0.4, 0.5) is 21.5 Å². The summed E-state index contributed by atoms with van der Waals surface area (Å²) >= 11 is 0. The third kappa shape index (κ3) is 2.71. The van der Waals surface area contributed by atoms with Crippen LogP contribution in [0, 0.1) is 12.7 Å². The van der Waals surface area contributed by atoms with Crippen molar-refractivity contribution in [1.29, 1.82) is 0 Å². The van der Waals surface area contributed by atoms with Crippen molar-refractivity contribution in [3.8, 4) is 5.75 Å². The Morgan fingerprint density at radius 3 is 2.56 bits per heavy atom. The highest BCUT2D eigenvalue weighted by Gasteiger charge is 2.03. The van der Waals surface area contributed by atoms with Crippen LogP contribution in [-0.2, 0) is 0 Å². The molecular weight excluding hydrogens is 231 g/mol. The maximum Gasteiger partial charge on any atom is 0.125 e. The molecule has 0 heterocycles. The van der Waals surface area contributed by atoms with Crippen LogP contribution < -0.4 is 15.8 Å². The molecule has 3 N–H and O–H groups in total. The summed E-state index contributed by atoms with van der Waals surface area (Å²) < 4.78 is 18.3. The first-order valence-electron chi connectivity index (χ1n) is 5.56. The van der Waals surface area contributed by atoms with Gasteiger partial charge in [-0.05, 0) is 42.8 Å². The van der Waals surface area contributed by atoms with Gasteiger partial charge in [0.05, 0.1) is 18.5 Å². The Labute approximate surface area is 105 Å². The minimum Gasteiger partial charge on any atom is -0.497 e. The first kappa shape index (κ1) is 12.2. The average Bonchev–Trinajstić information content (AvgIpc) is 2.30. The largest absolute Gasteiger partial charge is 0.497 e. The number of ether oxygens (including phenoxy) is 1. The molecule has 0 aliphatic carbocycles. The fourth-order valence-corrected chi connectivity index (χ4v) is 1.75. The van der Waals surface area contributed by atoms with Crippen molar-refractivity contribution in [1.82, 2.24) is 0 Å². The van der Waals surface area contributed by atoms with Crippen LogP contribution in [0.15, 0.2) is 36.4 Å². The average molecular weight is 246 g/mol. The molecule has 0 saturated heterocycles. The molecule has 0 amide bonds. The minimum atomic E-state index is -0.274. The van der Waals surface area contributed by atoms with E-state index in [2.05, 4.69) is 5.32 Å². The van der Waals surface area contributed by atoms with Gasteiger partial charge in [0.1, 0.15) is 11.6 Å². The van der Waals surface area contributed by atoms with Crippen LogP contribution in [0.5, 0.6) is 5.75 Å². The van der Waals surface area contributed by atoms with Crippen LogP contribution >= 0.6 is 0 Å². The number of hydrogen-bond acceptors (Lipinski definition) is 3. The van der Waals surface area contributed by atoms with Crippen molar-refractivity contribution >= 4 is 17.1 Å². The van der Waals surface area contributed by atoms with E-state index in [1.54, 1.807) is 25.3 Å². The Balaban J connectivity index is 2.28. The number of aryl methyl sites for hydroxylation is 1. The maximum absolute atomic E-state index is 13.3. The normalized spacial score (nSPS) is 10.2. The van der Waals surface area contributed by atoms with Gasteiger partial charge in [0.15, 0.2) is 0 Å². The number of halogens is 1. The zero-order valence-electron chi connectivity index (χ0n) is 10.3. The van der Waals surface area contributed by atoms with Gasteiger partial charge < -0.3 is 15.8 Å². The summed E-state index contributed by atoms with van der Waals surface area (Å²) in [6.07, 6.45) is 0. The lowest BCUT2D eigenvalue weighted by Crippen LogP contribution is -1.97. The Hall–Kier alpha value is -2.23. The molecule has 2 rings (SSSR count).